The van der Waals surface area contributed by atoms with Crippen LogP contribution in [0.1, 0.15) is 31.4 Å². The maximum atomic E-state index is 9.55. The zero-order valence-corrected chi connectivity index (χ0v) is 12.2. The van der Waals surface area contributed by atoms with Gasteiger partial charge in [0.2, 0.25) is 0 Å². The molecule has 0 amide bonds. The summed E-state index contributed by atoms with van der Waals surface area (Å²) < 4.78 is 0. The van der Waals surface area contributed by atoms with Crippen molar-refractivity contribution in [1.29, 1.82) is 0 Å². The molecule has 2 N–H and O–H groups in total. The summed E-state index contributed by atoms with van der Waals surface area (Å²) in [6, 6.07) is 8.32. The molecule has 19 heavy (non-hydrogen) atoms. The minimum absolute atomic E-state index is 0.141. The lowest BCUT2D eigenvalue weighted by Crippen LogP contribution is -2.29. The van der Waals surface area contributed by atoms with Gasteiger partial charge in [0, 0.05) is 30.7 Å². The van der Waals surface area contributed by atoms with Gasteiger partial charge in [-0.2, -0.15) is 0 Å². The van der Waals surface area contributed by atoms with Gasteiger partial charge in [-0.1, -0.05) is 36.7 Å². The molecule has 1 aliphatic rings. The Hall–Kier alpha value is -0.610. The van der Waals surface area contributed by atoms with Crippen LogP contribution in [0.4, 0.5) is 0 Å². The van der Waals surface area contributed by atoms with Crippen molar-refractivity contribution in [1.82, 2.24) is 10.2 Å². The molecule has 1 aromatic carbocycles. The van der Waals surface area contributed by atoms with Crippen LogP contribution in [0.25, 0.3) is 0 Å². The summed E-state index contributed by atoms with van der Waals surface area (Å²) in [5, 5.41) is 13.9. The second-order valence-electron chi connectivity index (χ2n) is 5.16. The van der Waals surface area contributed by atoms with Crippen molar-refractivity contribution in [2.24, 2.45) is 0 Å². The minimum atomic E-state index is -0.141. The van der Waals surface area contributed by atoms with Crippen molar-refractivity contribution in [3.8, 4) is 0 Å². The first-order chi connectivity index (χ1) is 9.20. The molecule has 2 atom stereocenters. The zero-order valence-electron chi connectivity index (χ0n) is 11.5. The average molecular weight is 283 g/mol. The lowest BCUT2D eigenvalue weighted by Gasteiger charge is -2.23. The van der Waals surface area contributed by atoms with Gasteiger partial charge < -0.3 is 15.3 Å². The highest BCUT2D eigenvalue weighted by Gasteiger charge is 2.21. The Kier molecular flexibility index (Phi) is 5.64. The van der Waals surface area contributed by atoms with Crippen molar-refractivity contribution >= 4 is 11.6 Å². The van der Waals surface area contributed by atoms with Crippen LogP contribution in [-0.2, 0) is 0 Å². The Balaban J connectivity index is 1.94. The first-order valence-electron chi connectivity index (χ1n) is 7.09. The Morgan fingerprint density at radius 3 is 2.89 bits per heavy atom. The Morgan fingerprint density at radius 2 is 2.26 bits per heavy atom. The van der Waals surface area contributed by atoms with Gasteiger partial charge in [0.15, 0.2) is 0 Å². The quantitative estimate of drug-likeness (QED) is 0.841. The molecule has 3 nitrogen and oxygen atoms in total. The Labute approximate surface area is 120 Å². The highest BCUT2D eigenvalue weighted by atomic mass is 35.5. The molecular weight excluding hydrogens is 260 g/mol. The van der Waals surface area contributed by atoms with Gasteiger partial charge in [0.05, 0.1) is 6.10 Å². The summed E-state index contributed by atoms with van der Waals surface area (Å²) in [7, 11) is 0. The average Bonchev–Trinajstić information content (AvgIpc) is 2.81. The molecule has 0 radical (unpaired) electrons. The third-order valence-electron chi connectivity index (χ3n) is 3.71. The molecule has 4 heteroatoms. The van der Waals surface area contributed by atoms with Crippen LogP contribution >= 0.6 is 11.6 Å². The molecule has 2 unspecified atom stereocenters. The molecule has 0 aromatic heterocycles. The van der Waals surface area contributed by atoms with E-state index >= 15 is 0 Å². The molecule has 1 aliphatic heterocycles. The number of hydrogen-bond donors (Lipinski definition) is 2. The second kappa shape index (κ2) is 7.25. The van der Waals surface area contributed by atoms with Gasteiger partial charge in [0.1, 0.15) is 0 Å². The van der Waals surface area contributed by atoms with Crippen LogP contribution < -0.4 is 5.32 Å². The number of β-amino-alcohol motifs (C(OH)–C–C–N with tert-alkyl or cyclic N) is 1. The summed E-state index contributed by atoms with van der Waals surface area (Å²) in [6.07, 6.45) is 1.78. The van der Waals surface area contributed by atoms with E-state index in [-0.39, 0.29) is 12.1 Å². The van der Waals surface area contributed by atoms with Crippen LogP contribution in [0.2, 0.25) is 5.02 Å². The van der Waals surface area contributed by atoms with E-state index in [1.54, 1.807) is 0 Å². The number of rotatable bonds is 6. The van der Waals surface area contributed by atoms with Gasteiger partial charge in [-0.05, 0) is 31.0 Å². The van der Waals surface area contributed by atoms with Crippen molar-refractivity contribution in [3.63, 3.8) is 0 Å². The number of likely N-dealkylation sites (tertiary alicyclic amines) is 1. The van der Waals surface area contributed by atoms with Crippen LogP contribution in [0.15, 0.2) is 24.3 Å². The molecule has 0 spiro atoms. The first kappa shape index (κ1) is 14.8. The standard InChI is InChI=1S/C15H23ClN2O/c1-2-17-15(13-5-3-4-6-14(13)16)8-10-18-9-7-12(19)11-18/h3-6,12,15,17,19H,2,7-11H2,1H3. The predicted molar refractivity (Wildman–Crippen MR) is 79.6 cm³/mol. The maximum absolute atomic E-state index is 9.55. The van der Waals surface area contributed by atoms with E-state index in [2.05, 4.69) is 23.2 Å². The van der Waals surface area contributed by atoms with Gasteiger partial charge in [-0.25, -0.2) is 0 Å². The summed E-state index contributed by atoms with van der Waals surface area (Å²) in [5.41, 5.74) is 1.17. The summed E-state index contributed by atoms with van der Waals surface area (Å²) >= 11 is 6.28. The second-order valence-corrected chi connectivity index (χ2v) is 5.57. The third-order valence-corrected chi connectivity index (χ3v) is 4.06. The SMILES string of the molecule is CCNC(CCN1CCC(O)C1)c1ccccc1Cl. The first-order valence-corrected chi connectivity index (χ1v) is 7.46. The smallest absolute Gasteiger partial charge is 0.0679 e. The molecule has 0 saturated carbocycles. The number of benzene rings is 1. The Morgan fingerprint density at radius 1 is 1.47 bits per heavy atom. The zero-order chi connectivity index (χ0) is 13.7. The van der Waals surface area contributed by atoms with E-state index in [1.807, 2.05) is 18.2 Å². The number of halogens is 1. The fourth-order valence-electron chi connectivity index (χ4n) is 2.70. The molecule has 0 bridgehead atoms. The van der Waals surface area contributed by atoms with Crippen LogP contribution in [-0.4, -0.2) is 42.3 Å². The van der Waals surface area contributed by atoms with Gasteiger partial charge in [-0.15, -0.1) is 0 Å². The van der Waals surface area contributed by atoms with Crippen molar-refractivity contribution in [2.45, 2.75) is 31.9 Å². The maximum Gasteiger partial charge on any atom is 0.0679 e. The van der Waals surface area contributed by atoms with Crippen molar-refractivity contribution in [2.75, 3.05) is 26.2 Å². The lowest BCUT2D eigenvalue weighted by molar-refractivity contribution is 0.174. The van der Waals surface area contributed by atoms with Gasteiger partial charge >= 0.3 is 0 Å². The summed E-state index contributed by atoms with van der Waals surface area (Å²) in [6.45, 7) is 5.85. The highest BCUT2D eigenvalue weighted by molar-refractivity contribution is 6.31. The fourth-order valence-corrected chi connectivity index (χ4v) is 2.97. The Bertz CT molecular complexity index is 399. The third kappa shape index (κ3) is 4.18. The number of hydrogen-bond acceptors (Lipinski definition) is 3. The van der Waals surface area contributed by atoms with E-state index < -0.39 is 0 Å². The molecular formula is C15H23ClN2O. The van der Waals surface area contributed by atoms with Crippen molar-refractivity contribution < 1.29 is 5.11 Å². The molecule has 106 valence electrons. The molecule has 1 aromatic rings. The lowest BCUT2D eigenvalue weighted by atomic mass is 10.0. The molecule has 1 saturated heterocycles. The molecule has 1 heterocycles. The number of nitrogens with zero attached hydrogens (tertiary/aromatic N) is 1. The van der Waals surface area contributed by atoms with E-state index in [9.17, 15) is 5.11 Å². The van der Waals surface area contributed by atoms with Crippen LogP contribution in [0.3, 0.4) is 0 Å². The summed E-state index contributed by atoms with van der Waals surface area (Å²) in [5.74, 6) is 0. The predicted octanol–water partition coefficient (Wildman–Crippen LogP) is 2.45. The number of aliphatic hydroxyl groups excluding tert-OH is 1. The van der Waals surface area contributed by atoms with Crippen molar-refractivity contribution in [3.05, 3.63) is 34.9 Å². The topological polar surface area (TPSA) is 35.5 Å². The summed E-state index contributed by atoms with van der Waals surface area (Å²) in [4.78, 5) is 2.33. The number of aliphatic hydroxyl groups is 1. The van der Waals surface area contributed by atoms with E-state index in [0.29, 0.717) is 0 Å². The molecule has 2 rings (SSSR count). The fraction of sp³-hybridized carbons (Fsp3) is 0.600. The minimum Gasteiger partial charge on any atom is -0.392 e. The van der Waals surface area contributed by atoms with E-state index in [0.717, 1.165) is 44.0 Å². The van der Waals surface area contributed by atoms with Gasteiger partial charge in [-0.3, -0.25) is 0 Å². The molecule has 0 aliphatic carbocycles. The molecule has 1 fully saturated rings. The van der Waals surface area contributed by atoms with Crippen LogP contribution in [0.5, 0.6) is 0 Å². The van der Waals surface area contributed by atoms with E-state index in [1.165, 1.54) is 5.56 Å². The normalized spacial score (nSPS) is 21.7. The van der Waals surface area contributed by atoms with E-state index in [4.69, 9.17) is 11.6 Å². The number of nitrogens with one attached hydrogen (secondary N) is 1. The highest BCUT2D eigenvalue weighted by Crippen LogP contribution is 2.25. The largest absolute Gasteiger partial charge is 0.392 e. The van der Waals surface area contributed by atoms with Gasteiger partial charge in [0.25, 0.3) is 0 Å². The monoisotopic (exact) mass is 282 g/mol. The van der Waals surface area contributed by atoms with Crippen LogP contribution in [0, 0.1) is 0 Å².